The summed E-state index contributed by atoms with van der Waals surface area (Å²) in [5.41, 5.74) is 1.79. The minimum absolute atomic E-state index is 0.108. The van der Waals surface area contributed by atoms with Crippen molar-refractivity contribution in [2.45, 2.75) is 24.7 Å². The zero-order valence-corrected chi connectivity index (χ0v) is 13.1. The number of halogens is 2. The van der Waals surface area contributed by atoms with E-state index in [0.717, 1.165) is 22.8 Å². The highest BCUT2D eigenvalue weighted by atomic mass is 35.5. The fraction of sp³-hybridized carbons (Fsp3) is 0.333. The quantitative estimate of drug-likeness (QED) is 0.888. The Hall–Kier alpha value is -0.550. The summed E-state index contributed by atoms with van der Waals surface area (Å²) in [6, 6.07) is 6.98. The summed E-state index contributed by atoms with van der Waals surface area (Å²) in [5, 5.41) is 10.4. The normalized spacial score (nSPS) is 15.9. The Morgan fingerprint density at radius 2 is 2.25 bits per heavy atom. The summed E-state index contributed by atoms with van der Waals surface area (Å²) < 4.78 is 13.9. The summed E-state index contributed by atoms with van der Waals surface area (Å²) in [4.78, 5) is 2.29. The van der Waals surface area contributed by atoms with E-state index in [4.69, 9.17) is 11.6 Å². The second kappa shape index (κ2) is 6.06. The van der Waals surface area contributed by atoms with Crippen molar-refractivity contribution in [3.05, 3.63) is 56.0 Å². The van der Waals surface area contributed by atoms with Crippen molar-refractivity contribution in [3.63, 3.8) is 0 Å². The molecule has 1 aliphatic heterocycles. The third-order valence-corrected chi connectivity index (χ3v) is 6.06. The maximum atomic E-state index is 13.9. The molecule has 1 nitrogen and oxygen atoms in total. The van der Waals surface area contributed by atoms with Gasteiger partial charge in [0.25, 0.3) is 0 Å². The van der Waals surface area contributed by atoms with Crippen LogP contribution in [0.3, 0.4) is 0 Å². The Bertz CT molecular complexity index is 603. The van der Waals surface area contributed by atoms with Gasteiger partial charge in [-0.05, 0) is 35.4 Å². The first-order valence-corrected chi connectivity index (χ1v) is 8.80. The van der Waals surface area contributed by atoms with Crippen LogP contribution in [0, 0.1) is 5.82 Å². The maximum absolute atomic E-state index is 13.9. The van der Waals surface area contributed by atoms with Gasteiger partial charge in [-0.3, -0.25) is 0 Å². The van der Waals surface area contributed by atoms with Crippen molar-refractivity contribution in [3.8, 4) is 0 Å². The number of thiophene rings is 1. The Labute approximate surface area is 130 Å². The molecule has 0 fully saturated rings. The summed E-state index contributed by atoms with van der Waals surface area (Å²) >= 11 is 9.34. The molecule has 106 valence electrons. The number of benzene rings is 1. The van der Waals surface area contributed by atoms with Crippen LogP contribution in [0.25, 0.3) is 0 Å². The molecule has 3 rings (SSSR count). The zero-order valence-electron chi connectivity index (χ0n) is 10.7. The number of hydrogen-bond acceptors (Lipinski definition) is 3. The predicted molar refractivity (Wildman–Crippen MR) is 84.3 cm³/mol. The smallest absolute Gasteiger partial charge is 0.145 e. The lowest BCUT2D eigenvalue weighted by molar-refractivity contribution is 0.181. The Morgan fingerprint density at radius 1 is 1.40 bits per heavy atom. The van der Waals surface area contributed by atoms with Crippen molar-refractivity contribution in [1.29, 1.82) is 0 Å². The first kappa shape index (κ1) is 14.4. The molecular weight excluding hydrogens is 315 g/mol. The molecule has 1 aliphatic rings. The number of aliphatic hydroxyl groups is 1. The molecular formula is C15H14ClFOS2. The van der Waals surface area contributed by atoms with Gasteiger partial charge in [0.1, 0.15) is 5.82 Å². The second-order valence-corrected chi connectivity index (χ2v) is 7.51. The molecule has 2 aromatic rings. The highest BCUT2D eigenvalue weighted by Gasteiger charge is 2.19. The van der Waals surface area contributed by atoms with Gasteiger partial charge in [0.2, 0.25) is 0 Å². The van der Waals surface area contributed by atoms with Crippen LogP contribution < -0.4 is 0 Å². The lowest BCUT2D eigenvalue weighted by atomic mass is 10.1. The van der Waals surface area contributed by atoms with E-state index < -0.39 is 11.9 Å². The molecule has 0 aliphatic carbocycles. The van der Waals surface area contributed by atoms with Gasteiger partial charge >= 0.3 is 0 Å². The molecule has 1 N–H and O–H groups in total. The molecule has 0 saturated carbocycles. The molecule has 1 atom stereocenters. The van der Waals surface area contributed by atoms with Crippen LogP contribution >= 0.6 is 34.7 Å². The van der Waals surface area contributed by atoms with Gasteiger partial charge in [-0.25, -0.2) is 4.39 Å². The first-order valence-electron chi connectivity index (χ1n) is 6.45. The molecule has 0 bridgehead atoms. The summed E-state index contributed by atoms with van der Waals surface area (Å²) in [6.07, 6.45) is 0.672. The van der Waals surface area contributed by atoms with Crippen molar-refractivity contribution in [2.75, 3.05) is 5.75 Å². The van der Waals surface area contributed by atoms with Gasteiger partial charge in [-0.2, -0.15) is 11.8 Å². The van der Waals surface area contributed by atoms with Crippen LogP contribution in [0.4, 0.5) is 4.39 Å². The van der Waals surface area contributed by atoms with E-state index in [1.54, 1.807) is 23.5 Å². The number of aliphatic hydroxyl groups excluding tert-OH is 1. The monoisotopic (exact) mass is 328 g/mol. The van der Waals surface area contributed by atoms with Crippen LogP contribution in [-0.2, 0) is 18.6 Å². The number of fused-ring (bicyclic) bond motifs is 1. The number of aryl methyl sites for hydroxylation is 1. The Kier molecular flexibility index (Phi) is 4.36. The molecule has 0 amide bonds. The van der Waals surface area contributed by atoms with Crippen LogP contribution in [0.2, 0.25) is 5.02 Å². The maximum Gasteiger partial charge on any atom is 0.145 e. The first-order chi connectivity index (χ1) is 9.65. The van der Waals surface area contributed by atoms with Crippen molar-refractivity contribution in [2.24, 2.45) is 0 Å². The van der Waals surface area contributed by atoms with Gasteiger partial charge in [-0.1, -0.05) is 23.7 Å². The second-order valence-electron chi connectivity index (χ2n) is 4.83. The zero-order chi connectivity index (χ0) is 14.1. The average molecular weight is 329 g/mol. The van der Waals surface area contributed by atoms with Crippen LogP contribution in [0.1, 0.15) is 27.0 Å². The van der Waals surface area contributed by atoms with Gasteiger partial charge in [-0.15, -0.1) is 11.3 Å². The molecule has 1 aromatic carbocycles. The molecule has 2 heterocycles. The topological polar surface area (TPSA) is 20.2 Å². The van der Waals surface area contributed by atoms with E-state index in [9.17, 15) is 9.50 Å². The third-order valence-electron chi connectivity index (χ3n) is 3.42. The predicted octanol–water partition coefficient (Wildman–Crippen LogP) is 4.61. The van der Waals surface area contributed by atoms with Gasteiger partial charge in [0, 0.05) is 21.9 Å². The van der Waals surface area contributed by atoms with Gasteiger partial charge < -0.3 is 5.11 Å². The fourth-order valence-corrected chi connectivity index (χ4v) is 4.91. The van der Waals surface area contributed by atoms with Crippen LogP contribution in [0.5, 0.6) is 0 Å². The van der Waals surface area contributed by atoms with E-state index in [1.807, 2.05) is 11.8 Å². The molecule has 0 saturated heterocycles. The van der Waals surface area contributed by atoms with E-state index in [2.05, 4.69) is 6.07 Å². The molecule has 0 spiro atoms. The highest BCUT2D eigenvalue weighted by Crippen LogP contribution is 2.35. The van der Waals surface area contributed by atoms with Crippen LogP contribution in [0.15, 0.2) is 24.3 Å². The minimum Gasteiger partial charge on any atom is -0.387 e. The Balaban J connectivity index is 1.80. The lowest BCUT2D eigenvalue weighted by Crippen LogP contribution is -2.02. The largest absolute Gasteiger partial charge is 0.387 e. The van der Waals surface area contributed by atoms with E-state index in [1.165, 1.54) is 16.5 Å². The highest BCUT2D eigenvalue weighted by molar-refractivity contribution is 7.98. The average Bonchev–Trinajstić information content (AvgIpc) is 2.88. The fourth-order valence-electron chi connectivity index (χ4n) is 2.35. The number of hydrogen-bond donors (Lipinski definition) is 1. The summed E-state index contributed by atoms with van der Waals surface area (Å²) in [5.74, 6) is 1.74. The SMILES string of the molecule is OC(Cc1cccc(Cl)c1F)c1cc2c(s1)CCSC2. The minimum atomic E-state index is -0.663. The number of rotatable bonds is 3. The van der Waals surface area contributed by atoms with Crippen molar-refractivity contribution < 1.29 is 9.50 Å². The van der Waals surface area contributed by atoms with Gasteiger partial charge in [0.05, 0.1) is 11.1 Å². The van der Waals surface area contributed by atoms with Gasteiger partial charge in [0.15, 0.2) is 0 Å². The summed E-state index contributed by atoms with van der Waals surface area (Å²) in [6.45, 7) is 0. The van der Waals surface area contributed by atoms with Crippen LogP contribution in [-0.4, -0.2) is 10.9 Å². The summed E-state index contributed by atoms with van der Waals surface area (Å²) in [7, 11) is 0. The van der Waals surface area contributed by atoms with E-state index in [-0.39, 0.29) is 11.4 Å². The van der Waals surface area contributed by atoms with Crippen molar-refractivity contribution >= 4 is 34.7 Å². The molecule has 20 heavy (non-hydrogen) atoms. The Morgan fingerprint density at radius 3 is 3.05 bits per heavy atom. The molecule has 1 unspecified atom stereocenters. The van der Waals surface area contributed by atoms with E-state index >= 15 is 0 Å². The molecule has 5 heteroatoms. The third kappa shape index (κ3) is 2.89. The van der Waals surface area contributed by atoms with Crippen molar-refractivity contribution in [1.82, 2.24) is 0 Å². The molecule has 0 radical (unpaired) electrons. The van der Waals surface area contributed by atoms with E-state index in [0.29, 0.717) is 5.56 Å². The number of thioether (sulfide) groups is 1. The standard InChI is InChI=1S/C15H14ClFOS2/c16-11-3-1-2-9(15(11)17)6-12(18)14-7-10-8-19-5-4-13(10)20-14/h1-3,7,12,18H,4-6,8H2. The lowest BCUT2D eigenvalue weighted by Gasteiger charge is -2.10. The molecule has 1 aromatic heterocycles.